The van der Waals surface area contributed by atoms with Crippen LogP contribution < -0.4 is 20.9 Å². The Bertz CT molecular complexity index is 475. The third kappa shape index (κ3) is 8.00. The Hall–Kier alpha value is -2.36. The summed E-state index contributed by atoms with van der Waals surface area (Å²) < 4.78 is 11.3. The van der Waals surface area contributed by atoms with Crippen LogP contribution in [0, 0.1) is 0 Å². The van der Waals surface area contributed by atoms with Crippen molar-refractivity contribution >= 4 is 11.4 Å². The van der Waals surface area contributed by atoms with Gasteiger partial charge < -0.3 is 20.9 Å². The predicted molar refractivity (Wildman–Crippen MR) is 97.9 cm³/mol. The minimum atomic E-state index is 0.714. The number of hydrogen-bond donors (Lipinski definition) is 2. The third-order valence-electron chi connectivity index (χ3n) is 3.09. The van der Waals surface area contributed by atoms with Gasteiger partial charge in [-0.3, -0.25) is 0 Å². The van der Waals surface area contributed by atoms with Crippen molar-refractivity contribution in [2.24, 2.45) is 0 Å². The molecule has 0 aliphatic rings. The molecule has 0 fully saturated rings. The summed E-state index contributed by atoms with van der Waals surface area (Å²) in [4.78, 5) is 0. The molecule has 0 saturated heterocycles. The Kier molecular flexibility index (Phi) is 9.13. The van der Waals surface area contributed by atoms with Crippen molar-refractivity contribution in [2.45, 2.75) is 33.1 Å². The maximum absolute atomic E-state index is 5.63. The number of anilines is 2. The van der Waals surface area contributed by atoms with Crippen LogP contribution in [0.4, 0.5) is 11.4 Å². The summed E-state index contributed by atoms with van der Waals surface area (Å²) in [6.07, 6.45) is 3.09. The zero-order valence-corrected chi connectivity index (χ0v) is 14.1. The van der Waals surface area contributed by atoms with Crippen LogP contribution >= 0.6 is 0 Å². The molecular formula is C19H28N2O2. The Morgan fingerprint density at radius 2 is 0.957 bits per heavy atom. The van der Waals surface area contributed by atoms with E-state index in [0.717, 1.165) is 42.1 Å². The average molecular weight is 316 g/mol. The average Bonchev–Trinajstić information content (AvgIpc) is 2.59. The van der Waals surface area contributed by atoms with E-state index in [1.807, 2.05) is 62.4 Å². The van der Waals surface area contributed by atoms with Crippen molar-refractivity contribution in [3.63, 3.8) is 0 Å². The largest absolute Gasteiger partial charge is 0.494 e. The molecule has 2 rings (SSSR count). The molecule has 4 N–H and O–H groups in total. The Morgan fingerprint density at radius 3 is 1.30 bits per heavy atom. The van der Waals surface area contributed by atoms with Crippen LogP contribution in [0.15, 0.2) is 48.5 Å². The predicted octanol–water partition coefficient (Wildman–Crippen LogP) is 4.51. The van der Waals surface area contributed by atoms with Gasteiger partial charge in [0.25, 0.3) is 0 Å². The van der Waals surface area contributed by atoms with E-state index >= 15 is 0 Å². The maximum atomic E-state index is 5.63. The summed E-state index contributed by atoms with van der Waals surface area (Å²) >= 11 is 0. The topological polar surface area (TPSA) is 70.5 Å². The number of benzene rings is 2. The van der Waals surface area contributed by atoms with E-state index in [-0.39, 0.29) is 0 Å². The second-order valence-electron chi connectivity index (χ2n) is 4.90. The highest BCUT2D eigenvalue weighted by Crippen LogP contribution is 2.15. The van der Waals surface area contributed by atoms with Crippen LogP contribution in [-0.4, -0.2) is 13.2 Å². The maximum Gasteiger partial charge on any atom is 0.119 e. The van der Waals surface area contributed by atoms with Crippen LogP contribution in [0.5, 0.6) is 11.5 Å². The zero-order chi connectivity index (χ0) is 16.9. The first kappa shape index (κ1) is 18.7. The first-order valence-electron chi connectivity index (χ1n) is 8.21. The fraction of sp³-hybridized carbons (Fsp3) is 0.368. The molecule has 0 bridgehead atoms. The number of nitrogen functional groups attached to an aromatic ring is 2. The molecule has 0 saturated carbocycles. The van der Waals surface area contributed by atoms with Crippen molar-refractivity contribution in [1.29, 1.82) is 0 Å². The highest BCUT2D eigenvalue weighted by Gasteiger charge is 1.96. The fourth-order valence-electron chi connectivity index (χ4n) is 1.89. The molecule has 0 aliphatic heterocycles. The van der Waals surface area contributed by atoms with Crippen LogP contribution in [0.3, 0.4) is 0 Å². The molecule has 126 valence electrons. The molecule has 0 atom stereocenters. The van der Waals surface area contributed by atoms with Gasteiger partial charge in [0.15, 0.2) is 0 Å². The van der Waals surface area contributed by atoms with Gasteiger partial charge in [0.1, 0.15) is 11.5 Å². The normalized spacial score (nSPS) is 9.65. The Morgan fingerprint density at radius 1 is 0.609 bits per heavy atom. The Balaban J connectivity index is 0.00000127. The van der Waals surface area contributed by atoms with Gasteiger partial charge in [0, 0.05) is 11.4 Å². The number of unbranched alkanes of at least 4 members (excludes halogenated alkanes) is 2. The monoisotopic (exact) mass is 316 g/mol. The molecule has 0 unspecified atom stereocenters. The summed E-state index contributed by atoms with van der Waals surface area (Å²) in [5, 5.41) is 0. The van der Waals surface area contributed by atoms with Gasteiger partial charge in [0.05, 0.1) is 13.2 Å². The SMILES string of the molecule is CC.Nc1ccc(OCCCCCOc2ccc(N)cc2)cc1. The van der Waals surface area contributed by atoms with Gasteiger partial charge in [0.2, 0.25) is 0 Å². The molecule has 4 heteroatoms. The summed E-state index contributed by atoms with van der Waals surface area (Å²) in [5.74, 6) is 1.73. The van der Waals surface area contributed by atoms with Crippen molar-refractivity contribution in [3.8, 4) is 11.5 Å². The molecule has 2 aromatic carbocycles. The first-order chi connectivity index (χ1) is 11.2. The van der Waals surface area contributed by atoms with Crippen LogP contribution in [0.2, 0.25) is 0 Å². The number of ether oxygens (including phenoxy) is 2. The molecule has 2 aromatic rings. The lowest BCUT2D eigenvalue weighted by molar-refractivity contribution is 0.279. The smallest absolute Gasteiger partial charge is 0.119 e. The first-order valence-corrected chi connectivity index (χ1v) is 8.21. The molecule has 0 radical (unpaired) electrons. The van der Waals surface area contributed by atoms with E-state index in [2.05, 4.69) is 0 Å². The Labute approximate surface area is 139 Å². The van der Waals surface area contributed by atoms with E-state index in [1.165, 1.54) is 0 Å². The molecule has 4 nitrogen and oxygen atoms in total. The van der Waals surface area contributed by atoms with Gasteiger partial charge in [-0.15, -0.1) is 0 Å². The van der Waals surface area contributed by atoms with E-state index in [4.69, 9.17) is 20.9 Å². The highest BCUT2D eigenvalue weighted by molar-refractivity contribution is 5.42. The van der Waals surface area contributed by atoms with E-state index in [1.54, 1.807) is 0 Å². The van der Waals surface area contributed by atoms with Crippen molar-refractivity contribution in [3.05, 3.63) is 48.5 Å². The van der Waals surface area contributed by atoms with Gasteiger partial charge in [-0.25, -0.2) is 0 Å². The number of rotatable bonds is 8. The highest BCUT2D eigenvalue weighted by atomic mass is 16.5. The van der Waals surface area contributed by atoms with Crippen molar-refractivity contribution in [1.82, 2.24) is 0 Å². The summed E-state index contributed by atoms with van der Waals surface area (Å²) in [6, 6.07) is 14.9. The lowest BCUT2D eigenvalue weighted by Crippen LogP contribution is -2.01. The molecule has 0 heterocycles. The van der Waals surface area contributed by atoms with Gasteiger partial charge in [-0.05, 0) is 67.8 Å². The molecule has 23 heavy (non-hydrogen) atoms. The van der Waals surface area contributed by atoms with Gasteiger partial charge >= 0.3 is 0 Å². The van der Waals surface area contributed by atoms with Crippen LogP contribution in [0.1, 0.15) is 33.1 Å². The van der Waals surface area contributed by atoms with Crippen molar-refractivity contribution < 1.29 is 9.47 Å². The second-order valence-corrected chi connectivity index (χ2v) is 4.90. The summed E-state index contributed by atoms with van der Waals surface area (Å²) in [6.45, 7) is 5.43. The lowest BCUT2D eigenvalue weighted by Gasteiger charge is -2.08. The lowest BCUT2D eigenvalue weighted by atomic mass is 10.2. The van der Waals surface area contributed by atoms with Gasteiger partial charge in [-0.2, -0.15) is 0 Å². The molecule has 0 aromatic heterocycles. The summed E-state index contributed by atoms with van der Waals surface area (Å²) in [7, 11) is 0. The summed E-state index contributed by atoms with van der Waals surface area (Å²) in [5.41, 5.74) is 12.7. The van der Waals surface area contributed by atoms with E-state index < -0.39 is 0 Å². The van der Waals surface area contributed by atoms with Crippen LogP contribution in [0.25, 0.3) is 0 Å². The molecule has 0 amide bonds. The quantitative estimate of drug-likeness (QED) is 0.555. The van der Waals surface area contributed by atoms with E-state index in [0.29, 0.717) is 13.2 Å². The van der Waals surface area contributed by atoms with Gasteiger partial charge in [-0.1, -0.05) is 13.8 Å². The van der Waals surface area contributed by atoms with Crippen molar-refractivity contribution in [2.75, 3.05) is 24.7 Å². The van der Waals surface area contributed by atoms with Crippen LogP contribution in [-0.2, 0) is 0 Å². The standard InChI is InChI=1S/C17H22N2O2.C2H6/c18-14-4-8-16(9-5-14)20-12-2-1-3-13-21-17-10-6-15(19)7-11-17;1-2/h4-11H,1-3,12-13,18-19H2;1-2H3. The third-order valence-corrected chi connectivity index (χ3v) is 3.09. The number of hydrogen-bond acceptors (Lipinski definition) is 4. The fourth-order valence-corrected chi connectivity index (χ4v) is 1.89. The number of nitrogens with two attached hydrogens (primary N) is 2. The minimum Gasteiger partial charge on any atom is -0.494 e. The second kappa shape index (κ2) is 11.2. The zero-order valence-electron chi connectivity index (χ0n) is 14.1. The molecule has 0 spiro atoms. The van der Waals surface area contributed by atoms with E-state index in [9.17, 15) is 0 Å². The molecular weight excluding hydrogens is 288 g/mol. The molecule has 0 aliphatic carbocycles. The minimum absolute atomic E-state index is 0.714.